The van der Waals surface area contributed by atoms with Gasteiger partial charge in [-0.05, 0) is 12.8 Å². The summed E-state index contributed by atoms with van der Waals surface area (Å²) < 4.78 is 1.89. The number of carbonyl (C=O) groups is 2. The van der Waals surface area contributed by atoms with Crippen LogP contribution >= 0.6 is 23.4 Å². The zero-order valence-corrected chi connectivity index (χ0v) is 25.9. The number of urea groups is 1. The number of amides is 3. The summed E-state index contributed by atoms with van der Waals surface area (Å²) in [6, 6.07) is 20.3. The summed E-state index contributed by atoms with van der Waals surface area (Å²) >= 11 is 8.95. The fourth-order valence-electron chi connectivity index (χ4n) is 6.44. The molecule has 0 bridgehead atoms. The lowest BCUT2D eigenvalue weighted by molar-refractivity contribution is -0.133. The lowest BCUT2D eigenvalue weighted by Crippen LogP contribution is -2.49. The number of nitrogens with one attached hydrogen (secondary N) is 2. The van der Waals surface area contributed by atoms with Crippen LogP contribution in [0.3, 0.4) is 0 Å². The monoisotopic (exact) mass is 630 g/mol. The van der Waals surface area contributed by atoms with E-state index in [4.69, 9.17) is 16.7 Å². The summed E-state index contributed by atoms with van der Waals surface area (Å²) in [5, 5.41) is 21.9. The average Bonchev–Trinajstić information content (AvgIpc) is 3.73. The van der Waals surface area contributed by atoms with Crippen molar-refractivity contribution in [2.24, 2.45) is 0 Å². The summed E-state index contributed by atoms with van der Waals surface area (Å²) in [5.74, 6) is 1.19. The third-order valence-corrected chi connectivity index (χ3v) is 10.7. The summed E-state index contributed by atoms with van der Waals surface area (Å²) in [6.45, 7) is 3.42. The first-order chi connectivity index (χ1) is 21.5. The van der Waals surface area contributed by atoms with Gasteiger partial charge in [0.05, 0.1) is 29.2 Å². The predicted octanol–water partition coefficient (Wildman–Crippen LogP) is 4.64. The number of thioether (sulfide) groups is 1. The molecule has 0 radical (unpaired) electrons. The van der Waals surface area contributed by atoms with Crippen LogP contribution in [0.1, 0.15) is 25.7 Å². The van der Waals surface area contributed by atoms with Gasteiger partial charge in [-0.1, -0.05) is 78.7 Å². The van der Waals surface area contributed by atoms with Crippen LogP contribution < -0.4 is 10.6 Å². The Bertz CT molecular complexity index is 1640. The second-order valence-electron chi connectivity index (χ2n) is 11.6. The van der Waals surface area contributed by atoms with Crippen LogP contribution in [0, 0.1) is 0 Å². The van der Waals surface area contributed by atoms with Crippen molar-refractivity contribution in [1.29, 1.82) is 0 Å². The minimum absolute atomic E-state index is 0.0501. The van der Waals surface area contributed by atoms with E-state index in [1.165, 1.54) is 0 Å². The van der Waals surface area contributed by atoms with E-state index in [-0.39, 0.29) is 24.0 Å². The zero-order chi connectivity index (χ0) is 30.0. The molecule has 0 spiro atoms. The quantitative estimate of drug-likeness (QED) is 0.205. The smallest absolute Gasteiger partial charge is 0.315 e. The first-order valence-corrected chi connectivity index (χ1v) is 16.7. The van der Waals surface area contributed by atoms with E-state index in [9.17, 15) is 9.59 Å². The zero-order valence-electron chi connectivity index (χ0n) is 24.4. The third-order valence-electron chi connectivity index (χ3n) is 8.82. The Hall–Kier alpha value is -3.67. The van der Waals surface area contributed by atoms with Crippen LogP contribution in [-0.4, -0.2) is 91.0 Å². The number of piperazine rings is 1. The van der Waals surface area contributed by atoms with Crippen molar-refractivity contribution in [2.75, 3.05) is 31.9 Å². The number of halogens is 1. The molecule has 4 aromatic rings. The van der Waals surface area contributed by atoms with Gasteiger partial charge in [-0.15, -0.1) is 10.2 Å². The number of hydrogen-bond acceptors (Lipinski definition) is 7. The number of unbranched alkanes of at least 4 members (excludes halogenated alkanes) is 1. The molecule has 3 aliphatic heterocycles. The summed E-state index contributed by atoms with van der Waals surface area (Å²) in [6.07, 6.45) is 3.46. The van der Waals surface area contributed by atoms with Crippen LogP contribution in [-0.2, 0) is 11.5 Å². The van der Waals surface area contributed by atoms with Crippen molar-refractivity contribution in [3.8, 4) is 22.5 Å². The van der Waals surface area contributed by atoms with E-state index in [0.717, 1.165) is 60.3 Å². The van der Waals surface area contributed by atoms with Gasteiger partial charge < -0.3 is 15.5 Å². The first kappa shape index (κ1) is 29.1. The minimum Gasteiger partial charge on any atom is -0.340 e. The van der Waals surface area contributed by atoms with Gasteiger partial charge in [-0.25, -0.2) is 9.48 Å². The van der Waals surface area contributed by atoms with Crippen molar-refractivity contribution < 1.29 is 9.59 Å². The lowest BCUT2D eigenvalue weighted by Gasteiger charge is -2.34. The Balaban J connectivity index is 0.979. The van der Waals surface area contributed by atoms with E-state index in [2.05, 4.69) is 25.7 Å². The fourth-order valence-corrected chi connectivity index (χ4v) is 8.31. The molecular formula is C32H35ClN8O2S. The number of aromatic nitrogens is 4. The van der Waals surface area contributed by atoms with Gasteiger partial charge in [0.1, 0.15) is 11.4 Å². The van der Waals surface area contributed by atoms with Gasteiger partial charge in [0.15, 0.2) is 5.65 Å². The van der Waals surface area contributed by atoms with Gasteiger partial charge >= 0.3 is 6.03 Å². The van der Waals surface area contributed by atoms with Crippen LogP contribution in [0.25, 0.3) is 33.5 Å². The molecule has 3 atom stereocenters. The molecule has 3 saturated heterocycles. The molecule has 0 saturated carbocycles. The molecule has 3 fully saturated rings. The normalized spacial score (nSPS) is 21.8. The molecule has 10 nitrogen and oxygen atoms in total. The number of nitrogens with zero attached hydrogens (tertiary/aromatic N) is 6. The van der Waals surface area contributed by atoms with Crippen molar-refractivity contribution in [2.45, 2.75) is 49.7 Å². The van der Waals surface area contributed by atoms with Gasteiger partial charge in [0.25, 0.3) is 0 Å². The molecule has 0 aliphatic carbocycles. The highest BCUT2D eigenvalue weighted by Crippen LogP contribution is 2.37. The lowest BCUT2D eigenvalue weighted by atomic mass is 10.0. The molecule has 0 unspecified atom stereocenters. The standard InChI is InChI=1S/C32H35ClN8O2S/c33-27-26-28(21-9-3-1-4-10-21)38-41(31(26)37-36-29(27)22-11-5-2-6-12-22)20-39-15-17-40(18-16-39)25(42)14-8-7-13-24-30-23(19-44-24)34-32(43)35-30/h1-6,9-12,23-24,30H,7-8,13-20H2,(H2,34,35,43)/t23-,24-,30-/m0/s1. The van der Waals surface area contributed by atoms with Gasteiger partial charge in [0.2, 0.25) is 5.91 Å². The summed E-state index contributed by atoms with van der Waals surface area (Å²) in [7, 11) is 0. The van der Waals surface area contributed by atoms with Gasteiger partial charge in [0, 0.05) is 54.7 Å². The maximum absolute atomic E-state index is 13.0. The molecular weight excluding hydrogens is 596 g/mol. The second-order valence-corrected chi connectivity index (χ2v) is 13.3. The highest BCUT2D eigenvalue weighted by atomic mass is 35.5. The maximum Gasteiger partial charge on any atom is 0.315 e. The number of fused-ring (bicyclic) bond motifs is 2. The second kappa shape index (κ2) is 12.7. The maximum atomic E-state index is 13.0. The van der Waals surface area contributed by atoms with Crippen LogP contribution in [0.5, 0.6) is 0 Å². The Labute approximate surface area is 265 Å². The highest BCUT2D eigenvalue weighted by molar-refractivity contribution is 8.00. The minimum atomic E-state index is -0.0501. The molecule has 12 heteroatoms. The largest absolute Gasteiger partial charge is 0.340 e. The average molecular weight is 631 g/mol. The highest BCUT2D eigenvalue weighted by Gasteiger charge is 2.42. The van der Waals surface area contributed by atoms with E-state index in [1.807, 2.05) is 82.0 Å². The number of carbonyl (C=O) groups excluding carboxylic acids is 2. The molecule has 3 aliphatic rings. The number of rotatable bonds is 9. The van der Waals surface area contributed by atoms with Gasteiger partial charge in [-0.3, -0.25) is 9.69 Å². The molecule has 2 aromatic carbocycles. The molecule has 2 N–H and O–H groups in total. The molecule has 44 heavy (non-hydrogen) atoms. The molecule has 5 heterocycles. The van der Waals surface area contributed by atoms with Crippen LogP contribution in [0.4, 0.5) is 4.79 Å². The topological polar surface area (TPSA) is 108 Å². The Morgan fingerprint density at radius 2 is 1.61 bits per heavy atom. The Kier molecular flexibility index (Phi) is 8.42. The van der Waals surface area contributed by atoms with Crippen molar-refractivity contribution >= 4 is 46.3 Å². The first-order valence-electron chi connectivity index (χ1n) is 15.3. The van der Waals surface area contributed by atoms with Crippen molar-refractivity contribution in [3.05, 3.63) is 65.7 Å². The summed E-state index contributed by atoms with van der Waals surface area (Å²) in [4.78, 5) is 28.9. The molecule has 228 valence electrons. The van der Waals surface area contributed by atoms with Crippen LogP contribution in [0.15, 0.2) is 60.7 Å². The third kappa shape index (κ3) is 5.88. The number of hydrogen-bond donors (Lipinski definition) is 2. The molecule has 2 aromatic heterocycles. The molecule has 3 amide bonds. The Morgan fingerprint density at radius 3 is 2.34 bits per heavy atom. The van der Waals surface area contributed by atoms with E-state index in [0.29, 0.717) is 47.8 Å². The van der Waals surface area contributed by atoms with E-state index >= 15 is 0 Å². The summed E-state index contributed by atoms with van der Waals surface area (Å²) in [5.41, 5.74) is 3.94. The predicted molar refractivity (Wildman–Crippen MR) is 173 cm³/mol. The van der Waals surface area contributed by atoms with Gasteiger partial charge in [-0.2, -0.15) is 16.9 Å². The fraction of sp³-hybridized carbons (Fsp3) is 0.406. The van der Waals surface area contributed by atoms with E-state index < -0.39 is 0 Å². The SMILES string of the molecule is O=C1N[C@H]2[C@H](CS[C@H]2CCCCC(=O)N2CCN(Cn3nc(-c4ccccc4)c4c(Cl)c(-c5ccccc5)nnc43)CC2)N1. The molecule has 7 rings (SSSR count). The van der Waals surface area contributed by atoms with Crippen molar-refractivity contribution in [3.63, 3.8) is 0 Å². The van der Waals surface area contributed by atoms with E-state index in [1.54, 1.807) is 0 Å². The number of benzene rings is 2. The Morgan fingerprint density at radius 1 is 0.909 bits per heavy atom. The van der Waals surface area contributed by atoms with Crippen molar-refractivity contribution in [1.82, 2.24) is 40.4 Å². The van der Waals surface area contributed by atoms with Crippen LogP contribution in [0.2, 0.25) is 5.02 Å².